The summed E-state index contributed by atoms with van der Waals surface area (Å²) in [6, 6.07) is 2.30. The van der Waals surface area contributed by atoms with Crippen LogP contribution in [-0.2, 0) is 4.74 Å². The van der Waals surface area contributed by atoms with Gasteiger partial charge in [0.2, 0.25) is 0 Å². The molecule has 1 aromatic carbocycles. The monoisotopic (exact) mass is 285 g/mol. The van der Waals surface area contributed by atoms with Gasteiger partial charge in [0.05, 0.1) is 12.1 Å². The summed E-state index contributed by atoms with van der Waals surface area (Å²) in [5, 5.41) is 3.17. The van der Waals surface area contributed by atoms with Crippen LogP contribution in [0, 0.1) is 24.5 Å². The van der Waals surface area contributed by atoms with E-state index in [0.29, 0.717) is 18.7 Å². The molecule has 114 valence electrons. The highest BCUT2D eigenvalue weighted by molar-refractivity contribution is 5.30. The third-order valence-corrected chi connectivity index (χ3v) is 3.40. The zero-order valence-electron chi connectivity index (χ0n) is 13.0. The molecule has 2 atom stereocenters. The first kappa shape index (κ1) is 17.1. The number of benzene rings is 1. The van der Waals surface area contributed by atoms with Crippen molar-refractivity contribution in [2.24, 2.45) is 5.92 Å². The summed E-state index contributed by atoms with van der Waals surface area (Å²) in [7, 11) is 0. The van der Waals surface area contributed by atoms with Crippen molar-refractivity contribution >= 4 is 0 Å². The molecule has 0 aromatic heterocycles. The Hall–Kier alpha value is -1.00. The summed E-state index contributed by atoms with van der Waals surface area (Å²) < 4.78 is 34.2. The SMILES string of the molecule is CCNC(c1c(F)ccc(C)c1F)C(OCC)C(C)C. The lowest BCUT2D eigenvalue weighted by Crippen LogP contribution is -2.38. The van der Waals surface area contributed by atoms with E-state index in [0.717, 1.165) is 0 Å². The van der Waals surface area contributed by atoms with E-state index < -0.39 is 17.7 Å². The third-order valence-electron chi connectivity index (χ3n) is 3.40. The maximum atomic E-state index is 14.4. The number of aryl methyl sites for hydroxylation is 1. The first-order chi connectivity index (χ1) is 9.43. The highest BCUT2D eigenvalue weighted by Crippen LogP contribution is 2.30. The lowest BCUT2D eigenvalue weighted by atomic mass is 9.91. The fraction of sp³-hybridized carbons (Fsp3) is 0.625. The number of nitrogens with one attached hydrogen (secondary N) is 1. The second-order valence-corrected chi connectivity index (χ2v) is 5.29. The largest absolute Gasteiger partial charge is 0.376 e. The van der Waals surface area contributed by atoms with Crippen LogP contribution in [-0.4, -0.2) is 19.3 Å². The van der Waals surface area contributed by atoms with E-state index in [1.807, 2.05) is 27.7 Å². The van der Waals surface area contributed by atoms with Crippen LogP contribution in [0.3, 0.4) is 0 Å². The second kappa shape index (κ2) is 7.70. The quantitative estimate of drug-likeness (QED) is 0.818. The fourth-order valence-corrected chi connectivity index (χ4v) is 2.43. The first-order valence-corrected chi connectivity index (χ1v) is 7.23. The molecule has 0 aliphatic carbocycles. The van der Waals surface area contributed by atoms with Crippen molar-refractivity contribution in [3.8, 4) is 0 Å². The Balaban J connectivity index is 3.28. The summed E-state index contributed by atoms with van der Waals surface area (Å²) in [4.78, 5) is 0. The van der Waals surface area contributed by atoms with Gasteiger partial charge in [-0.15, -0.1) is 0 Å². The lowest BCUT2D eigenvalue weighted by Gasteiger charge is -2.31. The number of hydrogen-bond donors (Lipinski definition) is 1. The van der Waals surface area contributed by atoms with E-state index in [-0.39, 0.29) is 17.6 Å². The summed E-state index contributed by atoms with van der Waals surface area (Å²) in [6.45, 7) is 10.6. The van der Waals surface area contributed by atoms with Crippen LogP contribution >= 0.6 is 0 Å². The Kier molecular flexibility index (Phi) is 6.56. The van der Waals surface area contributed by atoms with Gasteiger partial charge in [-0.3, -0.25) is 0 Å². The summed E-state index contributed by atoms with van der Waals surface area (Å²) >= 11 is 0. The minimum absolute atomic E-state index is 0.0824. The number of halogens is 2. The molecule has 0 aliphatic rings. The minimum atomic E-state index is -0.524. The van der Waals surface area contributed by atoms with Crippen LogP contribution in [0.15, 0.2) is 12.1 Å². The highest BCUT2D eigenvalue weighted by Gasteiger charge is 2.31. The van der Waals surface area contributed by atoms with Crippen molar-refractivity contribution in [3.05, 3.63) is 34.9 Å². The summed E-state index contributed by atoms with van der Waals surface area (Å²) in [5.74, 6) is -0.857. The van der Waals surface area contributed by atoms with Crippen LogP contribution < -0.4 is 5.32 Å². The zero-order chi connectivity index (χ0) is 15.3. The maximum absolute atomic E-state index is 14.4. The van der Waals surface area contributed by atoms with E-state index in [2.05, 4.69) is 5.32 Å². The van der Waals surface area contributed by atoms with Gasteiger partial charge in [-0.1, -0.05) is 26.8 Å². The van der Waals surface area contributed by atoms with Gasteiger partial charge in [0, 0.05) is 12.2 Å². The average Bonchev–Trinajstić information content (AvgIpc) is 2.39. The van der Waals surface area contributed by atoms with Crippen molar-refractivity contribution in [2.75, 3.05) is 13.2 Å². The predicted octanol–water partition coefficient (Wildman–Crippen LogP) is 3.98. The summed E-state index contributed by atoms with van der Waals surface area (Å²) in [6.07, 6.45) is -0.272. The number of likely N-dealkylation sites (N-methyl/N-ethyl adjacent to an activating group) is 1. The predicted molar refractivity (Wildman–Crippen MR) is 77.8 cm³/mol. The molecule has 1 N–H and O–H groups in total. The minimum Gasteiger partial charge on any atom is -0.376 e. The molecule has 0 fully saturated rings. The van der Waals surface area contributed by atoms with Gasteiger partial charge in [-0.05, 0) is 37.9 Å². The van der Waals surface area contributed by atoms with Crippen molar-refractivity contribution in [3.63, 3.8) is 0 Å². The van der Waals surface area contributed by atoms with Crippen molar-refractivity contribution in [1.82, 2.24) is 5.32 Å². The standard InChI is InChI=1S/C16H25F2NO/c1-6-19-15(16(10(3)4)20-7-2)13-12(17)9-8-11(5)14(13)18/h8-10,15-16,19H,6-7H2,1-5H3. The van der Waals surface area contributed by atoms with Crippen molar-refractivity contribution < 1.29 is 13.5 Å². The Bertz CT molecular complexity index is 435. The van der Waals surface area contributed by atoms with Crippen LogP contribution in [0.2, 0.25) is 0 Å². The number of rotatable bonds is 7. The van der Waals surface area contributed by atoms with E-state index in [1.54, 1.807) is 6.92 Å². The van der Waals surface area contributed by atoms with Gasteiger partial charge in [0.1, 0.15) is 11.6 Å². The molecule has 0 saturated heterocycles. The van der Waals surface area contributed by atoms with E-state index in [9.17, 15) is 8.78 Å². The first-order valence-electron chi connectivity index (χ1n) is 7.23. The van der Waals surface area contributed by atoms with E-state index in [1.165, 1.54) is 12.1 Å². The Morgan fingerprint density at radius 2 is 1.85 bits per heavy atom. The van der Waals surface area contributed by atoms with E-state index >= 15 is 0 Å². The fourth-order valence-electron chi connectivity index (χ4n) is 2.43. The van der Waals surface area contributed by atoms with Crippen molar-refractivity contribution in [1.29, 1.82) is 0 Å². The molecule has 0 bridgehead atoms. The average molecular weight is 285 g/mol. The maximum Gasteiger partial charge on any atom is 0.133 e. The Morgan fingerprint density at radius 1 is 1.20 bits per heavy atom. The normalized spacial score (nSPS) is 14.6. The molecule has 0 saturated carbocycles. The molecule has 2 nitrogen and oxygen atoms in total. The zero-order valence-corrected chi connectivity index (χ0v) is 13.0. The molecule has 20 heavy (non-hydrogen) atoms. The molecule has 0 aliphatic heterocycles. The van der Waals surface area contributed by atoms with Gasteiger partial charge in [0.15, 0.2) is 0 Å². The molecule has 0 radical (unpaired) electrons. The van der Waals surface area contributed by atoms with Gasteiger partial charge >= 0.3 is 0 Å². The number of ether oxygens (including phenoxy) is 1. The van der Waals surface area contributed by atoms with Gasteiger partial charge in [0.25, 0.3) is 0 Å². The molecule has 1 rings (SSSR count). The molecular weight excluding hydrogens is 260 g/mol. The second-order valence-electron chi connectivity index (χ2n) is 5.29. The number of hydrogen-bond acceptors (Lipinski definition) is 2. The molecule has 4 heteroatoms. The molecular formula is C16H25F2NO. The van der Waals surface area contributed by atoms with Crippen molar-refractivity contribution in [2.45, 2.75) is 46.8 Å². The van der Waals surface area contributed by atoms with Gasteiger partial charge in [-0.25, -0.2) is 8.78 Å². The van der Waals surface area contributed by atoms with Crippen LogP contribution in [0.1, 0.15) is 44.9 Å². The molecule has 0 spiro atoms. The summed E-state index contributed by atoms with van der Waals surface area (Å²) in [5.41, 5.74) is 0.530. The lowest BCUT2D eigenvalue weighted by molar-refractivity contribution is 0.00147. The molecule has 2 unspecified atom stereocenters. The Morgan fingerprint density at radius 3 is 2.35 bits per heavy atom. The molecule has 0 heterocycles. The van der Waals surface area contributed by atoms with Crippen LogP contribution in [0.5, 0.6) is 0 Å². The van der Waals surface area contributed by atoms with Crippen LogP contribution in [0.4, 0.5) is 8.78 Å². The van der Waals surface area contributed by atoms with Gasteiger partial charge in [-0.2, -0.15) is 0 Å². The smallest absolute Gasteiger partial charge is 0.133 e. The van der Waals surface area contributed by atoms with Crippen LogP contribution in [0.25, 0.3) is 0 Å². The third kappa shape index (κ3) is 3.76. The van der Waals surface area contributed by atoms with Gasteiger partial charge < -0.3 is 10.1 Å². The Labute approximate surface area is 120 Å². The topological polar surface area (TPSA) is 21.3 Å². The molecule has 0 amide bonds. The molecule has 1 aromatic rings. The van der Waals surface area contributed by atoms with E-state index in [4.69, 9.17) is 4.74 Å². The highest BCUT2D eigenvalue weighted by atomic mass is 19.1.